The molecule has 2 heteroatoms. The molecular formula is C16H33NSi. The first-order valence-electron chi connectivity index (χ1n) is 7.74. The van der Waals surface area contributed by atoms with Crippen molar-refractivity contribution in [1.82, 2.24) is 0 Å². The first-order valence-corrected chi connectivity index (χ1v) is 11.0. The van der Waals surface area contributed by atoms with Gasteiger partial charge in [0.1, 0.15) is 0 Å². The minimum Gasteiger partial charge on any atom is -0.298 e. The van der Waals surface area contributed by atoms with E-state index in [2.05, 4.69) is 43.5 Å². The maximum atomic E-state index is 4.51. The predicted octanol–water partition coefficient (Wildman–Crippen LogP) is 5.63. The van der Waals surface area contributed by atoms with E-state index in [0.29, 0.717) is 0 Å². The number of rotatable bonds is 12. The van der Waals surface area contributed by atoms with Crippen molar-refractivity contribution in [2.75, 3.05) is 6.54 Å². The maximum Gasteiger partial charge on any atom is 0.0761 e. The number of nitrogens with zero attached hydrogens (tertiary/aromatic N) is 1. The lowest BCUT2D eigenvalue weighted by Crippen LogP contribution is -2.21. The van der Waals surface area contributed by atoms with Crippen LogP contribution in [0.2, 0.25) is 19.1 Å². The van der Waals surface area contributed by atoms with Gasteiger partial charge in [-0.25, -0.2) is 0 Å². The average molecular weight is 268 g/mol. The Hall–Kier alpha value is -0.373. The summed E-state index contributed by atoms with van der Waals surface area (Å²) in [6.45, 7) is 11.9. The van der Waals surface area contributed by atoms with E-state index < -0.39 is 8.07 Å². The molecule has 1 nitrogen and oxygen atoms in total. The van der Waals surface area contributed by atoms with Gasteiger partial charge in [-0.2, -0.15) is 0 Å². The van der Waals surface area contributed by atoms with Crippen LogP contribution in [0.15, 0.2) is 17.3 Å². The molecule has 0 rings (SSSR count). The quantitative estimate of drug-likeness (QED) is 0.247. The molecule has 0 unspecified atom stereocenters. The van der Waals surface area contributed by atoms with Crippen molar-refractivity contribution in [3.63, 3.8) is 0 Å². The molecule has 0 fully saturated rings. The molecule has 0 saturated heterocycles. The third-order valence-corrected chi connectivity index (χ3v) is 5.78. The molecule has 0 N–H and O–H groups in total. The Morgan fingerprint density at radius 3 is 2.06 bits per heavy atom. The molecule has 0 aliphatic heterocycles. The molecule has 0 bridgehead atoms. The third kappa shape index (κ3) is 12.1. The van der Waals surface area contributed by atoms with Crippen LogP contribution in [0.1, 0.15) is 58.3 Å². The maximum absolute atomic E-state index is 4.51. The summed E-state index contributed by atoms with van der Waals surface area (Å²) in [5.41, 5.74) is 2.15. The lowest BCUT2D eigenvalue weighted by Gasteiger charge is -2.12. The van der Waals surface area contributed by atoms with E-state index in [9.17, 15) is 0 Å². The summed E-state index contributed by atoms with van der Waals surface area (Å²) in [4.78, 5) is 4.51. The molecule has 0 aromatic rings. The Morgan fingerprint density at radius 1 is 0.944 bits per heavy atom. The van der Waals surface area contributed by atoms with Crippen molar-refractivity contribution in [1.29, 1.82) is 0 Å². The predicted molar refractivity (Wildman–Crippen MR) is 88.5 cm³/mol. The molecule has 18 heavy (non-hydrogen) atoms. The van der Waals surface area contributed by atoms with Gasteiger partial charge in [-0.15, -0.1) is 12.3 Å². The summed E-state index contributed by atoms with van der Waals surface area (Å²) >= 11 is 0. The van der Waals surface area contributed by atoms with Gasteiger partial charge in [0, 0.05) is 6.54 Å². The first-order chi connectivity index (χ1) is 8.62. The van der Waals surface area contributed by atoms with Crippen molar-refractivity contribution < 1.29 is 0 Å². The van der Waals surface area contributed by atoms with Gasteiger partial charge in [0.2, 0.25) is 0 Å². The van der Waals surface area contributed by atoms with Gasteiger partial charge in [0.15, 0.2) is 0 Å². The highest BCUT2D eigenvalue weighted by atomic mass is 28.3. The summed E-state index contributed by atoms with van der Waals surface area (Å²) in [5.74, 6) is 0. The highest BCUT2D eigenvalue weighted by Crippen LogP contribution is 2.09. The lowest BCUT2D eigenvalue weighted by molar-refractivity contribution is 0.578. The molecule has 0 aliphatic rings. The molecule has 0 aromatic heterocycles. The molecule has 0 radical (unpaired) electrons. The van der Waals surface area contributed by atoms with E-state index in [-0.39, 0.29) is 0 Å². The zero-order valence-electron chi connectivity index (χ0n) is 12.9. The average Bonchev–Trinajstić information content (AvgIpc) is 2.36. The van der Waals surface area contributed by atoms with Crippen molar-refractivity contribution in [2.45, 2.75) is 77.4 Å². The SMILES string of the molecule is C=C[Si](C)(C)CC=NCCCCCCCCCC. The van der Waals surface area contributed by atoms with E-state index in [1.54, 1.807) is 0 Å². The molecule has 0 spiro atoms. The van der Waals surface area contributed by atoms with Crippen LogP contribution in [-0.4, -0.2) is 20.8 Å². The van der Waals surface area contributed by atoms with Crippen LogP contribution in [0, 0.1) is 0 Å². The molecule has 0 aliphatic carbocycles. The molecule has 106 valence electrons. The monoisotopic (exact) mass is 267 g/mol. The first kappa shape index (κ1) is 17.6. The Labute approximate surface area is 116 Å². The number of unbranched alkanes of at least 4 members (excludes halogenated alkanes) is 7. The fourth-order valence-corrected chi connectivity index (χ4v) is 2.58. The van der Waals surface area contributed by atoms with E-state index in [0.717, 1.165) is 12.6 Å². The minimum absolute atomic E-state index is 1.02. The van der Waals surface area contributed by atoms with E-state index in [1.165, 1.54) is 51.4 Å². The van der Waals surface area contributed by atoms with Crippen molar-refractivity contribution in [3.8, 4) is 0 Å². The number of hydrogen-bond acceptors (Lipinski definition) is 1. The Morgan fingerprint density at radius 2 is 1.50 bits per heavy atom. The molecule has 0 amide bonds. The van der Waals surface area contributed by atoms with E-state index in [4.69, 9.17) is 0 Å². The number of hydrogen-bond donors (Lipinski definition) is 0. The van der Waals surface area contributed by atoms with Gasteiger partial charge >= 0.3 is 0 Å². The summed E-state index contributed by atoms with van der Waals surface area (Å²) in [6, 6.07) is 1.15. The topological polar surface area (TPSA) is 12.4 Å². The largest absolute Gasteiger partial charge is 0.298 e. The summed E-state index contributed by atoms with van der Waals surface area (Å²) in [5, 5.41) is 0. The van der Waals surface area contributed by atoms with Crippen molar-refractivity contribution >= 4 is 14.3 Å². The normalized spacial score (nSPS) is 12.2. The fourth-order valence-electron chi connectivity index (χ4n) is 1.81. The molecule has 0 heterocycles. The van der Waals surface area contributed by atoms with Gasteiger partial charge in [0.05, 0.1) is 8.07 Å². The second kappa shape index (κ2) is 11.7. The van der Waals surface area contributed by atoms with Crippen LogP contribution < -0.4 is 0 Å². The zero-order chi connectivity index (χ0) is 13.7. The lowest BCUT2D eigenvalue weighted by atomic mass is 10.1. The van der Waals surface area contributed by atoms with Gasteiger partial charge < -0.3 is 0 Å². The van der Waals surface area contributed by atoms with Crippen molar-refractivity contribution in [2.24, 2.45) is 4.99 Å². The molecule has 0 aromatic carbocycles. The Balaban J connectivity index is 3.25. The van der Waals surface area contributed by atoms with Crippen LogP contribution in [-0.2, 0) is 0 Å². The summed E-state index contributed by atoms with van der Waals surface area (Å²) in [6.07, 6.45) is 13.2. The second-order valence-corrected chi connectivity index (χ2v) is 10.8. The minimum atomic E-state index is -1.16. The fraction of sp³-hybridized carbons (Fsp3) is 0.812. The molecule has 0 saturated carbocycles. The van der Waals surface area contributed by atoms with E-state index >= 15 is 0 Å². The Kier molecular flexibility index (Phi) is 11.5. The van der Waals surface area contributed by atoms with Crippen LogP contribution in [0.5, 0.6) is 0 Å². The van der Waals surface area contributed by atoms with Crippen LogP contribution >= 0.6 is 0 Å². The highest BCUT2D eigenvalue weighted by molar-refractivity contribution is 6.84. The van der Waals surface area contributed by atoms with Gasteiger partial charge in [-0.05, 0) is 18.7 Å². The van der Waals surface area contributed by atoms with Crippen molar-refractivity contribution in [3.05, 3.63) is 12.3 Å². The smallest absolute Gasteiger partial charge is 0.0761 e. The van der Waals surface area contributed by atoms with Crippen LogP contribution in [0.25, 0.3) is 0 Å². The summed E-state index contributed by atoms with van der Waals surface area (Å²) in [7, 11) is -1.16. The zero-order valence-corrected chi connectivity index (χ0v) is 13.9. The summed E-state index contributed by atoms with van der Waals surface area (Å²) < 4.78 is 0. The molecular weight excluding hydrogens is 234 g/mol. The van der Waals surface area contributed by atoms with Gasteiger partial charge in [-0.3, -0.25) is 4.99 Å². The number of aliphatic imine (C=N–C) groups is 1. The standard InChI is InChI=1S/C16H33NSi/c1-5-7-8-9-10-11-12-13-14-17-15-16-18(3,4)6-2/h6,15H,2,5,7-14,16H2,1,3-4H3. The highest BCUT2D eigenvalue weighted by Gasteiger charge is 2.12. The third-order valence-electron chi connectivity index (χ3n) is 3.44. The Bertz CT molecular complexity index is 221. The second-order valence-electron chi connectivity index (χ2n) is 5.96. The van der Waals surface area contributed by atoms with E-state index in [1.807, 2.05) is 0 Å². The van der Waals surface area contributed by atoms with Crippen LogP contribution in [0.4, 0.5) is 0 Å². The van der Waals surface area contributed by atoms with Gasteiger partial charge in [-0.1, -0.05) is 65.0 Å². The molecule has 0 atom stereocenters. The van der Waals surface area contributed by atoms with Crippen LogP contribution in [0.3, 0.4) is 0 Å². The van der Waals surface area contributed by atoms with Gasteiger partial charge in [0.25, 0.3) is 0 Å².